The predicted octanol–water partition coefficient (Wildman–Crippen LogP) is 1.69. The molecule has 0 saturated heterocycles. The Morgan fingerprint density at radius 3 is 3.00 bits per heavy atom. The second kappa shape index (κ2) is 4.72. The number of nitriles is 1. The molecule has 0 atom stereocenters. The van der Waals surface area contributed by atoms with Gasteiger partial charge in [-0.15, -0.1) is 11.3 Å². The molecule has 1 aromatic heterocycles. The normalized spacial score (nSPS) is 9.50. The smallest absolute Gasteiger partial charge is 0.350 e. The van der Waals surface area contributed by atoms with Crippen molar-refractivity contribution in [2.24, 2.45) is 0 Å². The molecule has 0 unspecified atom stereocenters. The molecule has 74 valence electrons. The lowest BCUT2D eigenvalue weighted by Gasteiger charge is -1.97. The van der Waals surface area contributed by atoms with Crippen LogP contribution in [0, 0.1) is 18.3 Å². The zero-order valence-corrected chi connectivity index (χ0v) is 8.85. The van der Waals surface area contributed by atoms with Gasteiger partial charge in [0.15, 0.2) is 0 Å². The summed E-state index contributed by atoms with van der Waals surface area (Å²) in [6.45, 7) is 3.85. The van der Waals surface area contributed by atoms with E-state index in [4.69, 9.17) is 10.00 Å². The van der Waals surface area contributed by atoms with Crippen molar-refractivity contribution in [2.45, 2.75) is 20.3 Å². The van der Waals surface area contributed by atoms with Crippen molar-refractivity contribution in [3.8, 4) is 6.07 Å². The number of carbonyl (C=O) groups excluding carboxylic acids is 1. The van der Waals surface area contributed by atoms with Crippen LogP contribution in [0.1, 0.15) is 27.3 Å². The molecular weight excluding hydrogens is 200 g/mol. The average Bonchev–Trinajstić information content (AvgIpc) is 2.48. The first-order valence-electron chi connectivity index (χ1n) is 4.19. The fraction of sp³-hybridized carbons (Fsp3) is 0.444. The molecule has 0 spiro atoms. The molecular formula is C9H10N2O2S. The molecule has 0 aromatic carbocycles. The van der Waals surface area contributed by atoms with Gasteiger partial charge < -0.3 is 4.74 Å². The molecule has 0 N–H and O–H groups in total. The summed E-state index contributed by atoms with van der Waals surface area (Å²) in [7, 11) is 0. The number of thiazole rings is 1. The Morgan fingerprint density at radius 1 is 1.71 bits per heavy atom. The van der Waals surface area contributed by atoms with Gasteiger partial charge in [0.25, 0.3) is 0 Å². The molecule has 0 fully saturated rings. The number of carbonyl (C=O) groups is 1. The Labute approximate surface area is 86.1 Å². The number of rotatable bonds is 3. The van der Waals surface area contributed by atoms with Gasteiger partial charge in [-0.25, -0.2) is 9.78 Å². The lowest BCUT2D eigenvalue weighted by molar-refractivity contribution is 0.0531. The predicted molar refractivity (Wildman–Crippen MR) is 52.1 cm³/mol. The number of ether oxygens (including phenoxy) is 1. The first-order chi connectivity index (χ1) is 6.69. The molecule has 1 heterocycles. The van der Waals surface area contributed by atoms with Crippen molar-refractivity contribution < 1.29 is 9.53 Å². The molecule has 0 aliphatic heterocycles. The Bertz CT molecular complexity index is 379. The summed E-state index contributed by atoms with van der Waals surface area (Å²) in [6, 6.07) is 1.99. The van der Waals surface area contributed by atoms with Crippen molar-refractivity contribution in [2.75, 3.05) is 6.61 Å². The van der Waals surface area contributed by atoms with Crippen molar-refractivity contribution in [3.63, 3.8) is 0 Å². The van der Waals surface area contributed by atoms with E-state index in [-0.39, 0.29) is 12.4 Å². The minimum atomic E-state index is -0.355. The lowest BCUT2D eigenvalue weighted by Crippen LogP contribution is -2.03. The van der Waals surface area contributed by atoms with E-state index >= 15 is 0 Å². The van der Waals surface area contributed by atoms with Crippen molar-refractivity contribution in [3.05, 3.63) is 15.6 Å². The van der Waals surface area contributed by atoms with Crippen LogP contribution in [0.15, 0.2) is 0 Å². The Morgan fingerprint density at radius 2 is 2.43 bits per heavy atom. The largest absolute Gasteiger partial charge is 0.462 e. The van der Waals surface area contributed by atoms with E-state index in [0.29, 0.717) is 22.2 Å². The Hall–Kier alpha value is -1.41. The summed E-state index contributed by atoms with van der Waals surface area (Å²) in [4.78, 5) is 15.9. The SMILES string of the molecule is CCOC(=O)c1sc(CC#N)nc1C. The van der Waals surface area contributed by atoms with Gasteiger partial charge in [-0.05, 0) is 13.8 Å². The third kappa shape index (κ3) is 2.30. The third-order valence-electron chi connectivity index (χ3n) is 1.53. The monoisotopic (exact) mass is 210 g/mol. The van der Waals surface area contributed by atoms with Gasteiger partial charge in [0.1, 0.15) is 9.88 Å². The van der Waals surface area contributed by atoms with Crippen LogP contribution < -0.4 is 0 Å². The van der Waals surface area contributed by atoms with Crippen LogP contribution in [0.4, 0.5) is 0 Å². The summed E-state index contributed by atoms with van der Waals surface area (Å²) < 4.78 is 4.85. The van der Waals surface area contributed by atoms with Gasteiger partial charge in [-0.2, -0.15) is 5.26 Å². The number of hydrogen-bond donors (Lipinski definition) is 0. The van der Waals surface area contributed by atoms with Gasteiger partial charge in [-0.3, -0.25) is 0 Å². The highest BCUT2D eigenvalue weighted by Gasteiger charge is 2.15. The highest BCUT2D eigenvalue weighted by atomic mass is 32.1. The van der Waals surface area contributed by atoms with Gasteiger partial charge in [-0.1, -0.05) is 0 Å². The van der Waals surface area contributed by atoms with Crippen LogP contribution in [-0.2, 0) is 11.2 Å². The minimum absolute atomic E-state index is 0.241. The molecule has 0 bridgehead atoms. The summed E-state index contributed by atoms with van der Waals surface area (Å²) >= 11 is 1.22. The summed E-state index contributed by atoms with van der Waals surface area (Å²) in [6.07, 6.45) is 0.241. The fourth-order valence-electron chi connectivity index (χ4n) is 0.982. The van der Waals surface area contributed by atoms with Crippen LogP contribution in [0.2, 0.25) is 0 Å². The lowest BCUT2D eigenvalue weighted by atomic mass is 10.4. The molecule has 14 heavy (non-hydrogen) atoms. The Balaban J connectivity index is 2.88. The number of aromatic nitrogens is 1. The molecule has 4 nitrogen and oxygen atoms in total. The van der Waals surface area contributed by atoms with E-state index in [0.717, 1.165) is 0 Å². The first kappa shape index (κ1) is 10.7. The van der Waals surface area contributed by atoms with Crippen LogP contribution >= 0.6 is 11.3 Å². The number of esters is 1. The van der Waals surface area contributed by atoms with Crippen LogP contribution in [0.3, 0.4) is 0 Å². The molecule has 0 aliphatic rings. The molecule has 0 amide bonds. The van der Waals surface area contributed by atoms with Crippen molar-refractivity contribution in [1.82, 2.24) is 4.98 Å². The average molecular weight is 210 g/mol. The number of aryl methyl sites for hydroxylation is 1. The standard InChI is InChI=1S/C9H10N2O2S/c1-3-13-9(12)8-6(2)11-7(14-8)4-5-10/h3-4H2,1-2H3. The molecule has 0 saturated carbocycles. The van der Waals surface area contributed by atoms with Crippen LogP contribution in [0.25, 0.3) is 0 Å². The Kier molecular flexibility index (Phi) is 3.60. The van der Waals surface area contributed by atoms with Crippen molar-refractivity contribution in [1.29, 1.82) is 5.26 Å². The van der Waals surface area contributed by atoms with E-state index in [9.17, 15) is 4.79 Å². The molecule has 5 heteroatoms. The van der Waals surface area contributed by atoms with Crippen LogP contribution in [-0.4, -0.2) is 17.6 Å². The topological polar surface area (TPSA) is 63.0 Å². The molecule has 0 aliphatic carbocycles. The van der Waals surface area contributed by atoms with Gasteiger partial charge in [0, 0.05) is 0 Å². The van der Waals surface area contributed by atoms with E-state index in [1.165, 1.54) is 11.3 Å². The van der Waals surface area contributed by atoms with E-state index in [1.807, 2.05) is 6.07 Å². The van der Waals surface area contributed by atoms with Gasteiger partial charge >= 0.3 is 5.97 Å². The van der Waals surface area contributed by atoms with E-state index in [1.54, 1.807) is 13.8 Å². The maximum absolute atomic E-state index is 11.3. The number of hydrogen-bond acceptors (Lipinski definition) is 5. The molecule has 0 radical (unpaired) electrons. The van der Waals surface area contributed by atoms with Crippen molar-refractivity contribution >= 4 is 17.3 Å². The van der Waals surface area contributed by atoms with E-state index in [2.05, 4.69) is 4.98 Å². The summed E-state index contributed by atoms with van der Waals surface area (Å²) in [5.41, 5.74) is 0.638. The second-order valence-electron chi connectivity index (χ2n) is 2.58. The van der Waals surface area contributed by atoms with Crippen LogP contribution in [0.5, 0.6) is 0 Å². The zero-order chi connectivity index (χ0) is 10.6. The highest BCUT2D eigenvalue weighted by Crippen LogP contribution is 2.19. The second-order valence-corrected chi connectivity index (χ2v) is 3.66. The van der Waals surface area contributed by atoms with Gasteiger partial charge in [0.2, 0.25) is 0 Å². The first-order valence-corrected chi connectivity index (χ1v) is 5.01. The number of nitrogens with zero attached hydrogens (tertiary/aromatic N) is 2. The molecule has 1 rings (SSSR count). The maximum Gasteiger partial charge on any atom is 0.350 e. The summed E-state index contributed by atoms with van der Waals surface area (Å²) in [5, 5.41) is 9.12. The maximum atomic E-state index is 11.3. The molecule has 1 aromatic rings. The minimum Gasteiger partial charge on any atom is -0.462 e. The zero-order valence-electron chi connectivity index (χ0n) is 8.03. The fourth-order valence-corrected chi connectivity index (χ4v) is 1.87. The van der Waals surface area contributed by atoms with E-state index < -0.39 is 0 Å². The quantitative estimate of drug-likeness (QED) is 0.712. The van der Waals surface area contributed by atoms with Gasteiger partial charge in [0.05, 0.1) is 24.8 Å². The highest BCUT2D eigenvalue weighted by molar-refractivity contribution is 7.13. The summed E-state index contributed by atoms with van der Waals surface area (Å²) in [5.74, 6) is -0.355. The third-order valence-corrected chi connectivity index (χ3v) is 2.67.